The molecule has 6 nitrogen and oxygen atoms in total. The Hall–Kier alpha value is -2.18. The van der Waals surface area contributed by atoms with Gasteiger partial charge in [-0.15, -0.1) is 0 Å². The van der Waals surface area contributed by atoms with Crippen LogP contribution in [0.1, 0.15) is 37.3 Å². The zero-order valence-corrected chi connectivity index (χ0v) is 15.8. The Morgan fingerprint density at radius 1 is 1.33 bits per heavy atom. The van der Waals surface area contributed by atoms with Crippen LogP contribution >= 0.6 is 0 Å². The largest absolute Gasteiger partial charge is 0.315 e. The molecule has 6 heteroatoms. The highest BCUT2D eigenvalue weighted by molar-refractivity contribution is 5.91. The summed E-state index contributed by atoms with van der Waals surface area (Å²) in [6.07, 6.45) is 4.95. The molecule has 0 bridgehead atoms. The van der Waals surface area contributed by atoms with Crippen LogP contribution in [0.3, 0.4) is 0 Å². The van der Waals surface area contributed by atoms with Gasteiger partial charge in [0.2, 0.25) is 5.91 Å². The summed E-state index contributed by atoms with van der Waals surface area (Å²) in [5.74, 6) is 1.35. The molecule has 0 radical (unpaired) electrons. The quantitative estimate of drug-likeness (QED) is 0.825. The van der Waals surface area contributed by atoms with Crippen molar-refractivity contribution < 1.29 is 4.79 Å². The summed E-state index contributed by atoms with van der Waals surface area (Å²) in [5, 5.41) is 11.4. The predicted molar refractivity (Wildman–Crippen MR) is 105 cm³/mol. The van der Waals surface area contributed by atoms with E-state index in [4.69, 9.17) is 5.10 Å². The fourth-order valence-corrected chi connectivity index (χ4v) is 4.44. The zero-order valence-electron chi connectivity index (χ0n) is 15.8. The molecule has 3 fully saturated rings. The van der Waals surface area contributed by atoms with E-state index in [0.29, 0.717) is 23.9 Å². The number of aromatic nitrogens is 2. The van der Waals surface area contributed by atoms with E-state index in [1.807, 2.05) is 41.1 Å². The lowest BCUT2D eigenvalue weighted by Gasteiger charge is -2.28. The second-order valence-corrected chi connectivity index (χ2v) is 8.45. The van der Waals surface area contributed by atoms with Crippen molar-refractivity contribution in [3.63, 3.8) is 0 Å². The highest BCUT2D eigenvalue weighted by atomic mass is 16.2. The van der Waals surface area contributed by atoms with E-state index in [-0.39, 0.29) is 5.91 Å². The number of amides is 1. The molecule has 2 saturated carbocycles. The molecule has 1 atom stereocenters. The van der Waals surface area contributed by atoms with Gasteiger partial charge in [-0.1, -0.05) is 18.2 Å². The van der Waals surface area contributed by atoms with Crippen LogP contribution in [-0.2, 0) is 4.79 Å². The van der Waals surface area contributed by atoms with E-state index < -0.39 is 0 Å². The third-order valence-corrected chi connectivity index (χ3v) is 6.33. The number of carbonyl (C=O) groups is 1. The number of carbonyl (C=O) groups excluding carboxylic acids is 1. The zero-order chi connectivity index (χ0) is 18.4. The second-order valence-electron chi connectivity index (χ2n) is 8.45. The molecular weight excluding hydrogens is 338 g/mol. The molecule has 1 spiro atoms. The standard InChI is InChI=1S/C21H27N5O/c1-25(18-12-22-14-21(18)9-10-21)13-20(27)23-19-11-17(15-7-8-15)24-26(19)16-5-3-2-4-6-16/h2-6,11,15,18,22H,7-10,12-14H2,1H3,(H,23,27). The van der Waals surface area contributed by atoms with E-state index in [2.05, 4.69) is 22.6 Å². The van der Waals surface area contributed by atoms with Gasteiger partial charge in [0.25, 0.3) is 0 Å². The number of nitrogens with one attached hydrogen (secondary N) is 2. The molecule has 2 aliphatic carbocycles. The fraction of sp³-hybridized carbons (Fsp3) is 0.524. The molecule has 2 N–H and O–H groups in total. The minimum atomic E-state index is 0.0274. The summed E-state index contributed by atoms with van der Waals surface area (Å²) in [4.78, 5) is 15.0. The maximum atomic E-state index is 12.8. The van der Waals surface area contributed by atoms with Crippen molar-refractivity contribution in [1.82, 2.24) is 20.0 Å². The van der Waals surface area contributed by atoms with Crippen LogP contribution in [0.15, 0.2) is 36.4 Å². The SMILES string of the molecule is CN(CC(=O)Nc1cc(C2CC2)nn1-c1ccccc1)C1CNCC12CC2. The molecule has 1 amide bonds. The number of para-hydroxylation sites is 1. The van der Waals surface area contributed by atoms with Gasteiger partial charge < -0.3 is 10.6 Å². The molecule has 2 aromatic rings. The first-order chi connectivity index (χ1) is 13.1. The number of hydrogen-bond donors (Lipinski definition) is 2. The van der Waals surface area contributed by atoms with E-state index in [1.165, 1.54) is 25.7 Å². The monoisotopic (exact) mass is 365 g/mol. The number of rotatable bonds is 6. The van der Waals surface area contributed by atoms with Crippen LogP contribution in [0.2, 0.25) is 0 Å². The summed E-state index contributed by atoms with van der Waals surface area (Å²) in [5.41, 5.74) is 2.48. The first-order valence-electron chi connectivity index (χ1n) is 10.0. The van der Waals surface area contributed by atoms with Crippen LogP contribution < -0.4 is 10.6 Å². The molecule has 142 valence electrons. The van der Waals surface area contributed by atoms with Crippen molar-refractivity contribution >= 4 is 11.7 Å². The average Bonchev–Trinajstić information content (AvgIpc) is 3.56. The number of nitrogens with zero attached hydrogens (tertiary/aromatic N) is 3. The average molecular weight is 365 g/mol. The van der Waals surface area contributed by atoms with Gasteiger partial charge in [0.1, 0.15) is 5.82 Å². The summed E-state index contributed by atoms with van der Waals surface area (Å²) in [6, 6.07) is 12.5. The highest BCUT2D eigenvalue weighted by Crippen LogP contribution is 2.51. The van der Waals surface area contributed by atoms with Gasteiger partial charge >= 0.3 is 0 Å². The van der Waals surface area contributed by atoms with Gasteiger partial charge in [-0.2, -0.15) is 5.10 Å². The van der Waals surface area contributed by atoms with Crippen molar-refractivity contribution in [3.8, 4) is 5.69 Å². The normalized spacial score (nSPS) is 23.1. The van der Waals surface area contributed by atoms with Gasteiger partial charge in [-0.05, 0) is 50.3 Å². The van der Waals surface area contributed by atoms with E-state index in [0.717, 1.165) is 30.3 Å². The van der Waals surface area contributed by atoms with Gasteiger partial charge in [0.15, 0.2) is 0 Å². The van der Waals surface area contributed by atoms with Gasteiger partial charge in [0.05, 0.1) is 17.9 Å². The van der Waals surface area contributed by atoms with Gasteiger partial charge in [-0.3, -0.25) is 9.69 Å². The Morgan fingerprint density at radius 2 is 2.11 bits per heavy atom. The maximum Gasteiger partial charge on any atom is 0.239 e. The molecule has 2 heterocycles. The first-order valence-corrected chi connectivity index (χ1v) is 10.0. The summed E-state index contributed by atoms with van der Waals surface area (Å²) in [6.45, 7) is 2.49. The summed E-state index contributed by atoms with van der Waals surface area (Å²) >= 11 is 0. The van der Waals surface area contributed by atoms with Crippen molar-refractivity contribution in [2.75, 3.05) is 32.0 Å². The summed E-state index contributed by atoms with van der Waals surface area (Å²) in [7, 11) is 2.07. The summed E-state index contributed by atoms with van der Waals surface area (Å²) < 4.78 is 1.87. The second kappa shape index (κ2) is 6.46. The highest BCUT2D eigenvalue weighted by Gasteiger charge is 2.53. The Kier molecular flexibility index (Phi) is 4.06. The topological polar surface area (TPSA) is 62.2 Å². The van der Waals surface area contributed by atoms with E-state index in [1.54, 1.807) is 0 Å². The van der Waals surface area contributed by atoms with E-state index in [9.17, 15) is 4.79 Å². The minimum Gasteiger partial charge on any atom is -0.315 e. The molecule has 27 heavy (non-hydrogen) atoms. The molecular formula is C21H27N5O. The Bertz CT molecular complexity index is 838. The predicted octanol–water partition coefficient (Wildman–Crippen LogP) is 2.37. The fourth-order valence-electron chi connectivity index (χ4n) is 4.44. The van der Waals surface area contributed by atoms with Crippen LogP contribution in [0.25, 0.3) is 5.69 Å². The van der Waals surface area contributed by atoms with Crippen molar-refractivity contribution in [1.29, 1.82) is 0 Å². The van der Waals surface area contributed by atoms with Crippen LogP contribution in [-0.4, -0.2) is 53.3 Å². The molecule has 1 aliphatic heterocycles. The van der Waals surface area contributed by atoms with E-state index >= 15 is 0 Å². The minimum absolute atomic E-state index is 0.0274. The van der Waals surface area contributed by atoms with Gasteiger partial charge in [-0.25, -0.2) is 4.68 Å². The molecule has 5 rings (SSSR count). The van der Waals surface area contributed by atoms with Crippen LogP contribution in [0.4, 0.5) is 5.82 Å². The number of hydrogen-bond acceptors (Lipinski definition) is 4. The Balaban J connectivity index is 1.31. The molecule has 1 aromatic carbocycles. The van der Waals surface area contributed by atoms with Crippen molar-refractivity contribution in [2.45, 2.75) is 37.6 Å². The molecule has 1 aromatic heterocycles. The number of anilines is 1. The molecule has 1 saturated heterocycles. The lowest BCUT2D eigenvalue weighted by atomic mass is 9.99. The lowest BCUT2D eigenvalue weighted by molar-refractivity contribution is -0.117. The molecule has 1 unspecified atom stereocenters. The van der Waals surface area contributed by atoms with Crippen molar-refractivity contribution in [2.24, 2.45) is 5.41 Å². The number of likely N-dealkylation sites (N-methyl/N-ethyl adjacent to an activating group) is 1. The smallest absolute Gasteiger partial charge is 0.239 e. The third-order valence-electron chi connectivity index (χ3n) is 6.33. The van der Waals surface area contributed by atoms with Gasteiger partial charge in [0, 0.05) is 31.1 Å². The maximum absolute atomic E-state index is 12.8. The number of benzene rings is 1. The Labute approximate surface area is 159 Å². The third kappa shape index (κ3) is 3.28. The van der Waals surface area contributed by atoms with Crippen LogP contribution in [0, 0.1) is 5.41 Å². The molecule has 3 aliphatic rings. The van der Waals surface area contributed by atoms with Crippen molar-refractivity contribution in [3.05, 3.63) is 42.1 Å². The first kappa shape index (κ1) is 17.0. The van der Waals surface area contributed by atoms with Crippen LogP contribution in [0.5, 0.6) is 0 Å². The lowest BCUT2D eigenvalue weighted by Crippen LogP contribution is -2.43. The Morgan fingerprint density at radius 3 is 2.81 bits per heavy atom.